The first-order valence-corrected chi connectivity index (χ1v) is 8.32. The van der Waals surface area contributed by atoms with Gasteiger partial charge in [-0.3, -0.25) is 9.59 Å². The van der Waals surface area contributed by atoms with E-state index in [0.29, 0.717) is 17.9 Å². The normalized spacial score (nSPS) is 16.7. The number of carbonyl (C=O) groups is 2. The number of phenols is 1. The molecule has 0 saturated carbocycles. The third-order valence-electron chi connectivity index (χ3n) is 4.42. The molecule has 2 heterocycles. The molecule has 26 heavy (non-hydrogen) atoms. The molecule has 4 rings (SSSR count). The molecule has 6 heteroatoms. The van der Waals surface area contributed by atoms with E-state index in [1.807, 2.05) is 41.0 Å². The van der Waals surface area contributed by atoms with Gasteiger partial charge in [0.2, 0.25) is 5.91 Å². The summed E-state index contributed by atoms with van der Waals surface area (Å²) >= 11 is 0. The van der Waals surface area contributed by atoms with Crippen LogP contribution in [0.3, 0.4) is 0 Å². The average Bonchev–Trinajstić information content (AvgIpc) is 3.18. The summed E-state index contributed by atoms with van der Waals surface area (Å²) in [5.41, 5.74) is 3.09. The van der Waals surface area contributed by atoms with Crippen molar-refractivity contribution in [3.8, 4) is 17.0 Å². The van der Waals surface area contributed by atoms with E-state index in [0.717, 1.165) is 11.1 Å². The first-order chi connectivity index (χ1) is 12.6. The van der Waals surface area contributed by atoms with Crippen LogP contribution in [0.25, 0.3) is 11.3 Å². The molecule has 1 saturated heterocycles. The van der Waals surface area contributed by atoms with Gasteiger partial charge in [-0.25, -0.2) is 4.98 Å². The van der Waals surface area contributed by atoms with E-state index in [1.54, 1.807) is 24.5 Å². The summed E-state index contributed by atoms with van der Waals surface area (Å²) in [6.07, 6.45) is 1.55. The molecule has 1 atom stereocenters. The lowest BCUT2D eigenvalue weighted by molar-refractivity contribution is -0.122. The molecule has 1 aliphatic rings. The van der Waals surface area contributed by atoms with Crippen LogP contribution in [0.4, 0.5) is 0 Å². The second kappa shape index (κ2) is 6.48. The zero-order valence-electron chi connectivity index (χ0n) is 13.9. The monoisotopic (exact) mass is 347 g/mol. The van der Waals surface area contributed by atoms with Gasteiger partial charge in [-0.15, -0.1) is 0 Å². The number of imidazole rings is 1. The van der Waals surface area contributed by atoms with Crippen LogP contribution in [-0.2, 0) is 16.1 Å². The summed E-state index contributed by atoms with van der Waals surface area (Å²) in [6, 6.07) is 15.8. The van der Waals surface area contributed by atoms with Gasteiger partial charge in [0.25, 0.3) is 0 Å². The quantitative estimate of drug-likeness (QED) is 0.710. The fraction of sp³-hybridized carbons (Fsp3) is 0.150. The third-order valence-corrected chi connectivity index (χ3v) is 4.42. The number of phenolic OH excluding ortho intramolecular Hbond substituents is 1. The molecule has 130 valence electrons. The Morgan fingerprint density at radius 3 is 2.62 bits per heavy atom. The second-order valence-electron chi connectivity index (χ2n) is 6.29. The van der Waals surface area contributed by atoms with Gasteiger partial charge in [0.15, 0.2) is 5.78 Å². The highest BCUT2D eigenvalue weighted by atomic mass is 16.3. The Labute approximate surface area is 150 Å². The fourth-order valence-electron chi connectivity index (χ4n) is 3.26. The number of rotatable bonds is 4. The Morgan fingerprint density at radius 2 is 1.92 bits per heavy atom. The number of hydrogen-bond donors (Lipinski definition) is 2. The van der Waals surface area contributed by atoms with Gasteiger partial charge in [-0.2, -0.15) is 0 Å². The van der Waals surface area contributed by atoms with Gasteiger partial charge >= 0.3 is 0 Å². The Morgan fingerprint density at radius 1 is 1.12 bits per heavy atom. The van der Waals surface area contributed by atoms with Crippen molar-refractivity contribution in [1.82, 2.24) is 14.9 Å². The van der Waals surface area contributed by atoms with Crippen molar-refractivity contribution in [3.63, 3.8) is 0 Å². The van der Waals surface area contributed by atoms with Crippen LogP contribution in [-0.4, -0.2) is 26.3 Å². The molecule has 1 amide bonds. The molecule has 1 unspecified atom stereocenters. The van der Waals surface area contributed by atoms with Crippen molar-refractivity contribution < 1.29 is 14.7 Å². The Kier molecular flexibility index (Phi) is 4.01. The van der Waals surface area contributed by atoms with Crippen molar-refractivity contribution >= 4 is 11.7 Å². The zero-order chi connectivity index (χ0) is 18.1. The van der Waals surface area contributed by atoms with E-state index in [1.165, 1.54) is 0 Å². The van der Waals surface area contributed by atoms with Crippen LogP contribution in [0.1, 0.15) is 23.7 Å². The summed E-state index contributed by atoms with van der Waals surface area (Å²) in [5.74, 6) is -0.258. The topological polar surface area (TPSA) is 84.2 Å². The molecule has 0 radical (unpaired) electrons. The van der Waals surface area contributed by atoms with Gasteiger partial charge in [0, 0.05) is 12.1 Å². The molecule has 1 fully saturated rings. The summed E-state index contributed by atoms with van der Waals surface area (Å²) in [5, 5.41) is 12.5. The largest absolute Gasteiger partial charge is 0.508 e. The maximum atomic E-state index is 12.4. The molecule has 6 nitrogen and oxygen atoms in total. The van der Waals surface area contributed by atoms with Crippen molar-refractivity contribution in [2.45, 2.75) is 19.0 Å². The van der Waals surface area contributed by atoms with Crippen LogP contribution in [0.5, 0.6) is 5.75 Å². The standard InChI is InChI=1S/C20H17N3O3/c24-15-8-4-5-13(9-15)11-23-12-21-18(14-6-2-1-3-7-14)20(23)19-16(25)10-17(26)22-19/h1-9,12,19,24H,10-11H2,(H,22,26). The minimum Gasteiger partial charge on any atom is -0.508 e. The fourth-order valence-corrected chi connectivity index (χ4v) is 3.26. The number of nitrogens with zero attached hydrogens (tertiary/aromatic N) is 2. The number of benzene rings is 2. The van der Waals surface area contributed by atoms with E-state index in [9.17, 15) is 14.7 Å². The maximum Gasteiger partial charge on any atom is 0.228 e. The lowest BCUT2D eigenvalue weighted by Gasteiger charge is -2.15. The average molecular weight is 347 g/mol. The van der Waals surface area contributed by atoms with Crippen LogP contribution in [0.15, 0.2) is 60.9 Å². The van der Waals surface area contributed by atoms with Crippen LogP contribution < -0.4 is 5.32 Å². The number of aromatic hydroxyl groups is 1. The van der Waals surface area contributed by atoms with E-state index in [4.69, 9.17) is 0 Å². The van der Waals surface area contributed by atoms with E-state index < -0.39 is 6.04 Å². The molecular weight excluding hydrogens is 330 g/mol. The maximum absolute atomic E-state index is 12.4. The van der Waals surface area contributed by atoms with Gasteiger partial charge in [-0.05, 0) is 17.7 Å². The predicted molar refractivity (Wildman–Crippen MR) is 95.4 cm³/mol. The smallest absolute Gasteiger partial charge is 0.228 e. The predicted octanol–water partition coefficient (Wildman–Crippen LogP) is 2.43. The molecule has 0 bridgehead atoms. The Balaban J connectivity index is 1.80. The van der Waals surface area contributed by atoms with Crippen molar-refractivity contribution in [3.05, 3.63) is 72.2 Å². The number of carbonyl (C=O) groups excluding carboxylic acids is 2. The molecule has 0 spiro atoms. The molecular formula is C20H17N3O3. The number of aromatic nitrogens is 2. The summed E-state index contributed by atoms with van der Waals surface area (Å²) in [6.45, 7) is 0.434. The van der Waals surface area contributed by atoms with E-state index in [-0.39, 0.29) is 23.9 Å². The van der Waals surface area contributed by atoms with Gasteiger partial charge < -0.3 is 15.0 Å². The zero-order valence-corrected chi connectivity index (χ0v) is 13.9. The molecule has 1 aromatic heterocycles. The number of hydrogen-bond acceptors (Lipinski definition) is 4. The highest BCUT2D eigenvalue weighted by Gasteiger charge is 2.35. The van der Waals surface area contributed by atoms with Crippen molar-refractivity contribution in [2.75, 3.05) is 0 Å². The first kappa shape index (κ1) is 16.1. The van der Waals surface area contributed by atoms with Gasteiger partial charge in [-0.1, -0.05) is 42.5 Å². The highest BCUT2D eigenvalue weighted by molar-refractivity contribution is 6.08. The van der Waals surface area contributed by atoms with Crippen LogP contribution in [0, 0.1) is 0 Å². The number of ketones is 1. The van der Waals surface area contributed by atoms with Gasteiger partial charge in [0.1, 0.15) is 11.8 Å². The summed E-state index contributed by atoms with van der Waals surface area (Å²) in [4.78, 5) is 28.6. The van der Waals surface area contributed by atoms with Crippen LogP contribution >= 0.6 is 0 Å². The molecule has 2 N–H and O–H groups in total. The van der Waals surface area contributed by atoms with Gasteiger partial charge in [0.05, 0.1) is 24.1 Å². The lowest BCUT2D eigenvalue weighted by Crippen LogP contribution is -2.24. The lowest BCUT2D eigenvalue weighted by atomic mass is 10.0. The summed E-state index contributed by atoms with van der Waals surface area (Å²) in [7, 11) is 0. The van der Waals surface area contributed by atoms with E-state index >= 15 is 0 Å². The number of nitrogens with one attached hydrogen (secondary N) is 1. The minimum atomic E-state index is -0.711. The number of amides is 1. The first-order valence-electron chi connectivity index (χ1n) is 8.32. The Bertz CT molecular complexity index is 979. The SMILES string of the molecule is O=C1CC(=O)C(c2c(-c3ccccc3)ncn2Cc2cccc(O)c2)N1. The molecule has 2 aromatic carbocycles. The third kappa shape index (κ3) is 2.97. The minimum absolute atomic E-state index is 0.115. The molecule has 3 aromatic rings. The Hall–Kier alpha value is -3.41. The summed E-state index contributed by atoms with van der Waals surface area (Å²) < 4.78 is 1.85. The van der Waals surface area contributed by atoms with Crippen molar-refractivity contribution in [1.29, 1.82) is 0 Å². The van der Waals surface area contributed by atoms with Crippen LogP contribution in [0.2, 0.25) is 0 Å². The molecule has 0 aliphatic carbocycles. The highest BCUT2D eigenvalue weighted by Crippen LogP contribution is 2.31. The number of Topliss-reactive ketones (excluding diaryl/α,β-unsaturated/α-hetero) is 1. The second-order valence-corrected chi connectivity index (χ2v) is 6.29. The molecule has 1 aliphatic heterocycles. The van der Waals surface area contributed by atoms with E-state index in [2.05, 4.69) is 10.3 Å². The van der Waals surface area contributed by atoms with Crippen molar-refractivity contribution in [2.24, 2.45) is 0 Å².